The molecule has 1 aliphatic rings. The Morgan fingerprint density at radius 3 is 2.00 bits per heavy atom. The van der Waals surface area contributed by atoms with Gasteiger partial charge in [0.05, 0.1) is 0 Å². The van der Waals surface area contributed by atoms with Crippen molar-refractivity contribution in [2.75, 3.05) is 26.2 Å². The zero-order chi connectivity index (χ0) is 17.0. The lowest BCUT2D eigenvalue weighted by molar-refractivity contribution is -0.187. The smallest absolute Gasteiger partial charge is 0.336 e. The Balaban J connectivity index is 1.88. The average molecular weight is 330 g/mol. The second-order valence-electron chi connectivity index (χ2n) is 5.00. The van der Waals surface area contributed by atoms with Gasteiger partial charge >= 0.3 is 12.1 Å². The van der Waals surface area contributed by atoms with Gasteiger partial charge in [-0.25, -0.2) is 4.39 Å². The third kappa shape index (κ3) is 4.54. The maximum absolute atomic E-state index is 12.8. The van der Waals surface area contributed by atoms with Crippen molar-refractivity contribution in [2.45, 2.75) is 6.18 Å². The molecule has 2 amide bonds. The Morgan fingerprint density at radius 1 is 0.957 bits per heavy atom. The van der Waals surface area contributed by atoms with Gasteiger partial charge < -0.3 is 9.80 Å². The maximum Gasteiger partial charge on any atom is 0.471 e. The predicted molar refractivity (Wildman–Crippen MR) is 74.6 cm³/mol. The Bertz CT molecular complexity index is 603. The number of hydrogen-bond acceptors (Lipinski definition) is 2. The molecule has 0 aliphatic carbocycles. The lowest BCUT2D eigenvalue weighted by Gasteiger charge is -2.34. The van der Waals surface area contributed by atoms with Crippen LogP contribution in [0.5, 0.6) is 0 Å². The van der Waals surface area contributed by atoms with Crippen LogP contribution < -0.4 is 0 Å². The first-order valence-electron chi connectivity index (χ1n) is 6.86. The molecular formula is C15H14F4N2O2. The molecular weight excluding hydrogens is 316 g/mol. The molecule has 1 aromatic rings. The number of rotatable bonds is 2. The molecule has 1 aromatic carbocycles. The van der Waals surface area contributed by atoms with Gasteiger partial charge in [-0.1, -0.05) is 12.1 Å². The van der Waals surface area contributed by atoms with Crippen LogP contribution in [0.2, 0.25) is 0 Å². The number of nitrogens with zero attached hydrogens (tertiary/aromatic N) is 2. The summed E-state index contributed by atoms with van der Waals surface area (Å²) in [5, 5.41) is 0. The summed E-state index contributed by atoms with van der Waals surface area (Å²) in [6.07, 6.45) is -2.13. The summed E-state index contributed by atoms with van der Waals surface area (Å²) >= 11 is 0. The first-order chi connectivity index (χ1) is 10.8. The van der Waals surface area contributed by atoms with E-state index in [0.717, 1.165) is 0 Å². The molecule has 0 bridgehead atoms. The van der Waals surface area contributed by atoms with E-state index in [4.69, 9.17) is 0 Å². The van der Waals surface area contributed by atoms with Crippen LogP contribution in [0.25, 0.3) is 6.08 Å². The molecule has 0 aromatic heterocycles. The number of carbonyl (C=O) groups is 2. The third-order valence-corrected chi connectivity index (χ3v) is 3.41. The number of piperazine rings is 1. The predicted octanol–water partition coefficient (Wildman–Crippen LogP) is 2.07. The molecule has 1 heterocycles. The Kier molecular flexibility index (Phi) is 5.02. The van der Waals surface area contributed by atoms with Gasteiger partial charge in [0.2, 0.25) is 5.91 Å². The van der Waals surface area contributed by atoms with Gasteiger partial charge in [0.25, 0.3) is 0 Å². The van der Waals surface area contributed by atoms with Crippen LogP contribution in [0.3, 0.4) is 0 Å². The molecule has 1 saturated heterocycles. The minimum absolute atomic E-state index is 0.0361. The topological polar surface area (TPSA) is 40.6 Å². The summed E-state index contributed by atoms with van der Waals surface area (Å²) in [4.78, 5) is 25.1. The summed E-state index contributed by atoms with van der Waals surface area (Å²) < 4.78 is 49.7. The molecule has 8 heteroatoms. The van der Waals surface area contributed by atoms with Gasteiger partial charge in [-0.05, 0) is 23.8 Å². The molecule has 0 unspecified atom stereocenters. The van der Waals surface area contributed by atoms with Crippen molar-refractivity contribution in [3.63, 3.8) is 0 Å². The number of carbonyl (C=O) groups excluding carboxylic acids is 2. The summed E-state index contributed by atoms with van der Waals surface area (Å²) in [6, 6.07) is 5.51. The second-order valence-corrected chi connectivity index (χ2v) is 5.00. The second kappa shape index (κ2) is 6.80. The Hall–Kier alpha value is -2.38. The fourth-order valence-electron chi connectivity index (χ4n) is 2.16. The van der Waals surface area contributed by atoms with Gasteiger partial charge in [0.1, 0.15) is 5.82 Å². The largest absolute Gasteiger partial charge is 0.471 e. The van der Waals surface area contributed by atoms with Crippen molar-refractivity contribution in [1.29, 1.82) is 0 Å². The molecule has 0 N–H and O–H groups in total. The molecule has 1 aliphatic heterocycles. The van der Waals surface area contributed by atoms with Crippen molar-refractivity contribution in [1.82, 2.24) is 9.80 Å². The lowest BCUT2D eigenvalue weighted by Crippen LogP contribution is -2.53. The molecule has 124 valence electrons. The molecule has 4 nitrogen and oxygen atoms in total. The molecule has 0 saturated carbocycles. The minimum atomic E-state index is -4.89. The first kappa shape index (κ1) is 17.0. The number of hydrogen-bond donors (Lipinski definition) is 0. The van der Waals surface area contributed by atoms with Crippen LogP contribution in [0, 0.1) is 5.82 Å². The highest BCUT2D eigenvalue weighted by atomic mass is 19.4. The molecule has 0 spiro atoms. The molecule has 0 atom stereocenters. The number of benzene rings is 1. The lowest BCUT2D eigenvalue weighted by atomic mass is 10.2. The van der Waals surface area contributed by atoms with Crippen molar-refractivity contribution in [3.8, 4) is 0 Å². The number of halogens is 4. The van der Waals surface area contributed by atoms with E-state index in [0.29, 0.717) is 10.5 Å². The van der Waals surface area contributed by atoms with Gasteiger partial charge in [0, 0.05) is 32.3 Å². The number of amides is 2. The molecule has 23 heavy (non-hydrogen) atoms. The van der Waals surface area contributed by atoms with Gasteiger partial charge in [-0.2, -0.15) is 13.2 Å². The summed E-state index contributed by atoms with van der Waals surface area (Å²) in [7, 11) is 0. The van der Waals surface area contributed by atoms with E-state index in [-0.39, 0.29) is 37.9 Å². The van der Waals surface area contributed by atoms with Crippen LogP contribution in [-0.2, 0) is 9.59 Å². The highest BCUT2D eigenvalue weighted by Gasteiger charge is 2.43. The summed E-state index contributed by atoms with van der Waals surface area (Å²) in [5.74, 6) is -2.64. The first-order valence-corrected chi connectivity index (χ1v) is 6.86. The SMILES string of the molecule is O=C(/C=C/c1ccc(F)cc1)N1CCN(C(=O)C(F)(F)F)CC1. The monoisotopic (exact) mass is 330 g/mol. The van der Waals surface area contributed by atoms with Gasteiger partial charge in [0.15, 0.2) is 0 Å². The zero-order valence-corrected chi connectivity index (χ0v) is 12.0. The molecule has 0 radical (unpaired) electrons. The van der Waals surface area contributed by atoms with Crippen LogP contribution >= 0.6 is 0 Å². The maximum atomic E-state index is 12.8. The van der Waals surface area contributed by atoms with E-state index in [1.165, 1.54) is 41.3 Å². The molecule has 1 fully saturated rings. The fourth-order valence-corrected chi connectivity index (χ4v) is 2.16. The van der Waals surface area contributed by atoms with E-state index in [1.807, 2.05) is 0 Å². The normalized spacial score (nSPS) is 16.0. The van der Waals surface area contributed by atoms with E-state index in [9.17, 15) is 27.2 Å². The fraction of sp³-hybridized carbons (Fsp3) is 0.333. The van der Waals surface area contributed by atoms with Gasteiger partial charge in [-0.15, -0.1) is 0 Å². The van der Waals surface area contributed by atoms with Crippen LogP contribution in [0.4, 0.5) is 17.6 Å². The quantitative estimate of drug-likeness (QED) is 0.615. The Labute approximate surface area is 130 Å². The van der Waals surface area contributed by atoms with Crippen molar-refractivity contribution >= 4 is 17.9 Å². The summed E-state index contributed by atoms with van der Waals surface area (Å²) in [5.41, 5.74) is 0.630. The van der Waals surface area contributed by atoms with Crippen molar-refractivity contribution in [2.24, 2.45) is 0 Å². The van der Waals surface area contributed by atoms with E-state index >= 15 is 0 Å². The van der Waals surface area contributed by atoms with Crippen LogP contribution in [-0.4, -0.2) is 54.0 Å². The highest BCUT2D eigenvalue weighted by molar-refractivity contribution is 5.92. The van der Waals surface area contributed by atoms with E-state index < -0.39 is 12.1 Å². The Morgan fingerprint density at radius 2 is 1.48 bits per heavy atom. The van der Waals surface area contributed by atoms with E-state index in [2.05, 4.69) is 0 Å². The highest BCUT2D eigenvalue weighted by Crippen LogP contribution is 2.19. The standard InChI is InChI=1S/C15H14F4N2O2/c16-12-4-1-11(2-5-12)3-6-13(22)20-7-9-21(10-8-20)14(23)15(17,18)19/h1-6H,7-10H2/b6-3+. The average Bonchev–Trinajstić information content (AvgIpc) is 2.52. The number of alkyl halides is 3. The minimum Gasteiger partial charge on any atom is -0.336 e. The van der Waals surface area contributed by atoms with Crippen LogP contribution in [0.1, 0.15) is 5.56 Å². The van der Waals surface area contributed by atoms with Crippen LogP contribution in [0.15, 0.2) is 30.3 Å². The van der Waals surface area contributed by atoms with Gasteiger partial charge in [-0.3, -0.25) is 9.59 Å². The van der Waals surface area contributed by atoms with Crippen molar-refractivity contribution in [3.05, 3.63) is 41.7 Å². The van der Waals surface area contributed by atoms with Crippen molar-refractivity contribution < 1.29 is 27.2 Å². The molecule has 2 rings (SSSR count). The summed E-state index contributed by atoms with van der Waals surface area (Å²) in [6.45, 7) is -0.244. The zero-order valence-electron chi connectivity index (χ0n) is 12.0. The van der Waals surface area contributed by atoms with E-state index in [1.54, 1.807) is 0 Å². The third-order valence-electron chi connectivity index (χ3n) is 3.41.